The van der Waals surface area contributed by atoms with Gasteiger partial charge in [0.05, 0.1) is 28.4 Å². The van der Waals surface area contributed by atoms with Crippen LogP contribution in [0.5, 0.6) is 23.0 Å². The van der Waals surface area contributed by atoms with Crippen LogP contribution in [-0.2, 0) is 0 Å². The zero-order valence-corrected chi connectivity index (χ0v) is 15.1. The predicted octanol–water partition coefficient (Wildman–Crippen LogP) is 4.73. The van der Waals surface area contributed by atoms with E-state index >= 15 is 0 Å². The van der Waals surface area contributed by atoms with Gasteiger partial charge in [0.1, 0.15) is 6.29 Å². The Morgan fingerprint density at radius 1 is 0.769 bits per heavy atom. The molecule has 0 bridgehead atoms. The van der Waals surface area contributed by atoms with E-state index in [4.69, 9.17) is 18.9 Å². The Labute approximate surface area is 155 Å². The maximum absolute atomic E-state index is 10.4. The van der Waals surface area contributed by atoms with Gasteiger partial charge in [-0.25, -0.2) is 0 Å². The van der Waals surface area contributed by atoms with Crippen molar-refractivity contribution in [2.75, 3.05) is 28.4 Å². The van der Waals surface area contributed by atoms with Crippen molar-refractivity contribution in [1.29, 1.82) is 0 Å². The van der Waals surface area contributed by atoms with E-state index in [1.54, 1.807) is 39.5 Å². The number of hydrogen-bond acceptors (Lipinski definition) is 5. The van der Waals surface area contributed by atoms with Gasteiger partial charge in [-0.15, -0.1) is 0 Å². The first kappa shape index (κ1) is 21.4. The van der Waals surface area contributed by atoms with E-state index in [1.807, 2.05) is 6.07 Å². The molecule has 0 N–H and O–H groups in total. The molecule has 1 aliphatic rings. The number of carbonyl (C=O) groups is 1. The standard InChI is InChI=1S/C11H14O2.C9H10O3.CH4/c1-12-10-6-5-9(8-3-4-8)7-11(10)13-2;1-11-8-4-3-7(6-10)5-9(8)12-2;/h5-8H,3-4H2,1-2H3;3-6H,1-2H3;1H4. The summed E-state index contributed by atoms with van der Waals surface area (Å²) < 4.78 is 20.4. The molecule has 0 spiro atoms. The SMILES string of the molecule is C.COc1ccc(C2CC2)cc1OC.COc1ccc(C=O)cc1OC. The summed E-state index contributed by atoms with van der Waals surface area (Å²) >= 11 is 0. The fraction of sp³-hybridized carbons (Fsp3) is 0.381. The van der Waals surface area contributed by atoms with E-state index in [2.05, 4.69) is 12.1 Å². The number of aldehydes is 1. The van der Waals surface area contributed by atoms with Gasteiger partial charge in [0, 0.05) is 5.56 Å². The number of methoxy groups -OCH3 is 4. The van der Waals surface area contributed by atoms with Crippen molar-refractivity contribution in [3.05, 3.63) is 47.5 Å². The fourth-order valence-corrected chi connectivity index (χ4v) is 2.45. The van der Waals surface area contributed by atoms with Gasteiger partial charge in [-0.3, -0.25) is 4.79 Å². The number of carbonyl (C=O) groups excluding carboxylic acids is 1. The second kappa shape index (κ2) is 10.3. The molecular formula is C21H28O5. The summed E-state index contributed by atoms with van der Waals surface area (Å²) in [6, 6.07) is 11.2. The van der Waals surface area contributed by atoms with E-state index in [0.717, 1.165) is 23.7 Å². The number of rotatable bonds is 6. The van der Waals surface area contributed by atoms with Crippen LogP contribution in [0.4, 0.5) is 0 Å². The van der Waals surface area contributed by atoms with Crippen LogP contribution >= 0.6 is 0 Å². The van der Waals surface area contributed by atoms with Gasteiger partial charge in [-0.1, -0.05) is 13.5 Å². The highest BCUT2D eigenvalue weighted by Crippen LogP contribution is 2.42. The molecule has 2 aromatic rings. The third kappa shape index (κ3) is 5.41. The average molecular weight is 360 g/mol. The Kier molecular flexibility index (Phi) is 8.49. The van der Waals surface area contributed by atoms with Crippen molar-refractivity contribution in [2.24, 2.45) is 0 Å². The molecule has 5 heteroatoms. The minimum absolute atomic E-state index is 0. The van der Waals surface area contributed by atoms with Crippen molar-refractivity contribution in [3.63, 3.8) is 0 Å². The van der Waals surface area contributed by atoms with Crippen LogP contribution in [0.3, 0.4) is 0 Å². The third-order valence-corrected chi connectivity index (χ3v) is 4.00. The smallest absolute Gasteiger partial charge is 0.161 e. The lowest BCUT2D eigenvalue weighted by molar-refractivity contribution is 0.112. The first-order valence-electron chi connectivity index (χ1n) is 8.06. The molecule has 0 unspecified atom stereocenters. The van der Waals surface area contributed by atoms with E-state index in [-0.39, 0.29) is 7.43 Å². The van der Waals surface area contributed by atoms with Gasteiger partial charge in [0.25, 0.3) is 0 Å². The molecule has 1 fully saturated rings. The molecule has 0 aromatic heterocycles. The Balaban J connectivity index is 0.000000251. The number of hydrogen-bond donors (Lipinski definition) is 0. The molecule has 1 aliphatic carbocycles. The second-order valence-electron chi connectivity index (χ2n) is 5.62. The lowest BCUT2D eigenvalue weighted by Gasteiger charge is -2.08. The van der Waals surface area contributed by atoms with E-state index in [1.165, 1.54) is 25.5 Å². The van der Waals surface area contributed by atoms with Crippen LogP contribution in [0.15, 0.2) is 36.4 Å². The van der Waals surface area contributed by atoms with Gasteiger partial charge >= 0.3 is 0 Å². The molecular weight excluding hydrogens is 332 g/mol. The second-order valence-corrected chi connectivity index (χ2v) is 5.62. The molecule has 142 valence electrons. The van der Waals surface area contributed by atoms with Gasteiger partial charge in [0.15, 0.2) is 23.0 Å². The molecule has 26 heavy (non-hydrogen) atoms. The predicted molar refractivity (Wildman–Crippen MR) is 103 cm³/mol. The van der Waals surface area contributed by atoms with E-state index < -0.39 is 0 Å². The lowest BCUT2D eigenvalue weighted by Crippen LogP contribution is -1.91. The normalized spacial score (nSPS) is 12.0. The Morgan fingerprint density at radius 3 is 1.73 bits per heavy atom. The van der Waals surface area contributed by atoms with E-state index in [0.29, 0.717) is 17.1 Å². The summed E-state index contributed by atoms with van der Waals surface area (Å²) in [6.07, 6.45) is 3.40. The quantitative estimate of drug-likeness (QED) is 0.697. The summed E-state index contributed by atoms with van der Waals surface area (Å²) in [4.78, 5) is 10.4. The molecule has 2 aromatic carbocycles. The highest BCUT2D eigenvalue weighted by atomic mass is 16.5. The molecule has 3 rings (SSSR count). The van der Waals surface area contributed by atoms with Crippen molar-refractivity contribution in [2.45, 2.75) is 26.2 Å². The molecule has 0 heterocycles. The summed E-state index contributed by atoms with van der Waals surface area (Å²) in [5, 5.41) is 0. The van der Waals surface area contributed by atoms with Crippen LogP contribution in [0.1, 0.15) is 42.1 Å². The van der Waals surface area contributed by atoms with Gasteiger partial charge in [-0.2, -0.15) is 0 Å². The number of benzene rings is 2. The summed E-state index contributed by atoms with van der Waals surface area (Å²) in [6.45, 7) is 0. The minimum Gasteiger partial charge on any atom is -0.493 e. The lowest BCUT2D eigenvalue weighted by atomic mass is 10.1. The van der Waals surface area contributed by atoms with Gasteiger partial charge in [-0.05, 0) is 54.7 Å². The Morgan fingerprint density at radius 2 is 1.27 bits per heavy atom. The third-order valence-electron chi connectivity index (χ3n) is 4.00. The van der Waals surface area contributed by atoms with Gasteiger partial charge in [0.2, 0.25) is 0 Å². The zero-order chi connectivity index (χ0) is 18.2. The highest BCUT2D eigenvalue weighted by molar-refractivity contribution is 5.76. The molecule has 1 saturated carbocycles. The average Bonchev–Trinajstić information content (AvgIpc) is 3.52. The largest absolute Gasteiger partial charge is 0.493 e. The first-order valence-corrected chi connectivity index (χ1v) is 8.06. The van der Waals surface area contributed by atoms with Crippen molar-refractivity contribution in [1.82, 2.24) is 0 Å². The van der Waals surface area contributed by atoms with Crippen LogP contribution in [-0.4, -0.2) is 34.7 Å². The van der Waals surface area contributed by atoms with Crippen molar-refractivity contribution in [3.8, 4) is 23.0 Å². The van der Waals surface area contributed by atoms with Crippen LogP contribution in [0.2, 0.25) is 0 Å². The summed E-state index contributed by atoms with van der Waals surface area (Å²) in [5.41, 5.74) is 1.95. The van der Waals surface area contributed by atoms with Crippen LogP contribution in [0, 0.1) is 0 Å². The van der Waals surface area contributed by atoms with Gasteiger partial charge < -0.3 is 18.9 Å². The molecule has 0 amide bonds. The molecule has 0 atom stereocenters. The van der Waals surface area contributed by atoms with Crippen molar-refractivity contribution < 1.29 is 23.7 Å². The first-order chi connectivity index (χ1) is 12.2. The maximum Gasteiger partial charge on any atom is 0.161 e. The molecule has 0 radical (unpaired) electrons. The highest BCUT2D eigenvalue weighted by Gasteiger charge is 2.24. The maximum atomic E-state index is 10.4. The monoisotopic (exact) mass is 360 g/mol. The topological polar surface area (TPSA) is 54.0 Å². The Hall–Kier alpha value is -2.69. The number of ether oxygens (including phenoxy) is 4. The molecule has 5 nitrogen and oxygen atoms in total. The van der Waals surface area contributed by atoms with Crippen molar-refractivity contribution >= 4 is 6.29 Å². The zero-order valence-electron chi connectivity index (χ0n) is 15.1. The van der Waals surface area contributed by atoms with Crippen LogP contribution < -0.4 is 18.9 Å². The van der Waals surface area contributed by atoms with E-state index in [9.17, 15) is 4.79 Å². The van der Waals surface area contributed by atoms with Crippen LogP contribution in [0.25, 0.3) is 0 Å². The summed E-state index contributed by atoms with van der Waals surface area (Å²) in [5.74, 6) is 3.61. The fourth-order valence-electron chi connectivity index (χ4n) is 2.45. The molecule has 0 saturated heterocycles. The minimum atomic E-state index is 0. The Bertz CT molecular complexity index is 708. The molecule has 0 aliphatic heterocycles. The summed E-state index contributed by atoms with van der Waals surface area (Å²) in [7, 11) is 6.42.